The predicted octanol–water partition coefficient (Wildman–Crippen LogP) is 0.474. The maximum atomic E-state index is 11.5. The minimum absolute atomic E-state index is 0.0320. The van der Waals surface area contributed by atoms with E-state index in [1.54, 1.807) is 13.8 Å². The van der Waals surface area contributed by atoms with Gasteiger partial charge in [-0.1, -0.05) is 0 Å². The van der Waals surface area contributed by atoms with Crippen LogP contribution < -0.4 is 0 Å². The first kappa shape index (κ1) is 11.5. The second kappa shape index (κ2) is 2.94. The zero-order chi connectivity index (χ0) is 11.2. The molecular weight excluding hydrogens is 202 g/mol. The molecule has 0 aromatic carbocycles. The Labute approximate surface area is 84.5 Å². The fourth-order valence-corrected chi connectivity index (χ4v) is 3.85. The zero-order valence-corrected chi connectivity index (χ0v) is 9.43. The Morgan fingerprint density at radius 1 is 1.57 bits per heavy atom. The third-order valence-electron chi connectivity index (χ3n) is 3.34. The largest absolute Gasteiger partial charge is 0.387 e. The second-order valence-corrected chi connectivity index (χ2v) is 6.86. The molecule has 80 valence electrons. The molecule has 1 saturated heterocycles. The minimum atomic E-state index is -3.23. The summed E-state index contributed by atoms with van der Waals surface area (Å²) in [6, 6.07) is 1.98. The highest BCUT2D eigenvalue weighted by Crippen LogP contribution is 2.43. The summed E-state index contributed by atoms with van der Waals surface area (Å²) in [7, 11) is -3.23. The Kier molecular flexibility index (Phi) is 2.41. The lowest BCUT2D eigenvalue weighted by molar-refractivity contribution is -0.0337. The van der Waals surface area contributed by atoms with E-state index in [-0.39, 0.29) is 12.2 Å². The Morgan fingerprint density at radius 3 is 2.36 bits per heavy atom. The summed E-state index contributed by atoms with van der Waals surface area (Å²) < 4.78 is 22.9. The van der Waals surface area contributed by atoms with Gasteiger partial charge in [0.1, 0.15) is 5.60 Å². The van der Waals surface area contributed by atoms with Gasteiger partial charge in [-0.05, 0) is 27.2 Å². The van der Waals surface area contributed by atoms with E-state index in [9.17, 15) is 13.5 Å². The van der Waals surface area contributed by atoms with Crippen molar-refractivity contribution in [3.63, 3.8) is 0 Å². The fraction of sp³-hybridized carbons (Fsp3) is 0.889. The monoisotopic (exact) mass is 217 g/mol. The summed E-state index contributed by atoms with van der Waals surface area (Å²) in [5.41, 5.74) is -2.45. The molecule has 2 atom stereocenters. The van der Waals surface area contributed by atoms with E-state index in [0.717, 1.165) is 0 Å². The SMILES string of the molecule is CC1C(O)(C(C)(C)C#N)CCS1(=O)=O. The molecule has 1 fully saturated rings. The van der Waals surface area contributed by atoms with E-state index in [1.165, 1.54) is 6.92 Å². The van der Waals surface area contributed by atoms with Gasteiger partial charge >= 0.3 is 0 Å². The third-order valence-corrected chi connectivity index (χ3v) is 5.58. The van der Waals surface area contributed by atoms with Gasteiger partial charge in [0.05, 0.1) is 22.5 Å². The summed E-state index contributed by atoms with van der Waals surface area (Å²) >= 11 is 0. The van der Waals surface area contributed by atoms with Crippen LogP contribution in [0.1, 0.15) is 27.2 Å². The van der Waals surface area contributed by atoms with Gasteiger partial charge in [-0.25, -0.2) is 8.42 Å². The number of hydrogen-bond donors (Lipinski definition) is 1. The van der Waals surface area contributed by atoms with E-state index in [2.05, 4.69) is 0 Å². The molecule has 5 heteroatoms. The highest BCUT2D eigenvalue weighted by molar-refractivity contribution is 7.92. The fourth-order valence-electron chi connectivity index (χ4n) is 1.89. The number of hydrogen-bond acceptors (Lipinski definition) is 4. The molecule has 0 aliphatic carbocycles. The smallest absolute Gasteiger partial charge is 0.155 e. The van der Waals surface area contributed by atoms with Crippen LogP contribution in [0.15, 0.2) is 0 Å². The number of nitrogens with zero attached hydrogens (tertiary/aromatic N) is 1. The van der Waals surface area contributed by atoms with Crippen molar-refractivity contribution in [1.82, 2.24) is 0 Å². The Bertz CT molecular complexity index is 379. The van der Waals surface area contributed by atoms with Gasteiger partial charge in [-0.15, -0.1) is 0 Å². The summed E-state index contributed by atoms with van der Waals surface area (Å²) in [6.45, 7) is 4.62. The van der Waals surface area contributed by atoms with Crippen molar-refractivity contribution in [2.24, 2.45) is 5.41 Å². The normalized spacial score (nSPS) is 36.6. The lowest BCUT2D eigenvalue weighted by Crippen LogP contribution is -2.50. The molecule has 1 aliphatic rings. The van der Waals surface area contributed by atoms with Crippen molar-refractivity contribution in [1.29, 1.82) is 5.26 Å². The molecule has 1 heterocycles. The van der Waals surface area contributed by atoms with Gasteiger partial charge in [0, 0.05) is 0 Å². The molecule has 0 spiro atoms. The Morgan fingerprint density at radius 2 is 2.07 bits per heavy atom. The first-order valence-corrected chi connectivity index (χ1v) is 6.24. The van der Waals surface area contributed by atoms with E-state index < -0.39 is 26.1 Å². The molecule has 0 radical (unpaired) electrons. The van der Waals surface area contributed by atoms with Crippen molar-refractivity contribution in [2.45, 2.75) is 38.0 Å². The maximum Gasteiger partial charge on any atom is 0.155 e. The topological polar surface area (TPSA) is 78.2 Å². The van der Waals surface area contributed by atoms with Crippen molar-refractivity contribution < 1.29 is 13.5 Å². The molecule has 0 aromatic rings. The quantitative estimate of drug-likeness (QED) is 0.692. The van der Waals surface area contributed by atoms with Gasteiger partial charge < -0.3 is 5.11 Å². The van der Waals surface area contributed by atoms with Crippen molar-refractivity contribution in [3.05, 3.63) is 0 Å². The molecule has 4 nitrogen and oxygen atoms in total. The molecule has 2 unspecified atom stereocenters. The molecule has 1 N–H and O–H groups in total. The number of nitriles is 1. The number of aliphatic hydroxyl groups is 1. The van der Waals surface area contributed by atoms with Gasteiger partial charge in [0.2, 0.25) is 0 Å². The molecule has 0 saturated carbocycles. The van der Waals surface area contributed by atoms with Gasteiger partial charge in [0.25, 0.3) is 0 Å². The summed E-state index contributed by atoms with van der Waals surface area (Å²) in [5, 5.41) is 18.3. The maximum absolute atomic E-state index is 11.5. The van der Waals surface area contributed by atoms with Crippen LogP contribution in [0.3, 0.4) is 0 Å². The van der Waals surface area contributed by atoms with Crippen molar-refractivity contribution in [3.8, 4) is 6.07 Å². The van der Waals surface area contributed by atoms with E-state index >= 15 is 0 Å². The number of sulfone groups is 1. The lowest BCUT2D eigenvalue weighted by atomic mass is 9.73. The van der Waals surface area contributed by atoms with E-state index in [1.807, 2.05) is 6.07 Å². The van der Waals surface area contributed by atoms with Crippen LogP contribution in [0.25, 0.3) is 0 Å². The second-order valence-electron chi connectivity index (χ2n) is 4.42. The van der Waals surface area contributed by atoms with Gasteiger partial charge in [0.15, 0.2) is 9.84 Å². The predicted molar refractivity (Wildman–Crippen MR) is 52.2 cm³/mol. The van der Waals surface area contributed by atoms with Crippen LogP contribution in [-0.4, -0.2) is 30.1 Å². The lowest BCUT2D eigenvalue weighted by Gasteiger charge is -2.36. The molecule has 0 bridgehead atoms. The molecule has 14 heavy (non-hydrogen) atoms. The highest BCUT2D eigenvalue weighted by Gasteiger charge is 2.57. The Balaban J connectivity index is 3.19. The van der Waals surface area contributed by atoms with Crippen LogP contribution in [0, 0.1) is 16.7 Å². The van der Waals surface area contributed by atoms with Crippen LogP contribution in [0.2, 0.25) is 0 Å². The van der Waals surface area contributed by atoms with E-state index in [0.29, 0.717) is 0 Å². The molecule has 1 rings (SSSR count). The average Bonchev–Trinajstić information content (AvgIpc) is 2.31. The summed E-state index contributed by atoms with van der Waals surface area (Å²) in [6.07, 6.45) is 0.150. The zero-order valence-electron chi connectivity index (χ0n) is 8.61. The van der Waals surface area contributed by atoms with Crippen LogP contribution in [-0.2, 0) is 9.84 Å². The van der Waals surface area contributed by atoms with Crippen LogP contribution in [0.5, 0.6) is 0 Å². The minimum Gasteiger partial charge on any atom is -0.387 e. The van der Waals surface area contributed by atoms with Crippen molar-refractivity contribution >= 4 is 9.84 Å². The molecule has 0 amide bonds. The highest BCUT2D eigenvalue weighted by atomic mass is 32.2. The van der Waals surface area contributed by atoms with Gasteiger partial charge in [-0.2, -0.15) is 5.26 Å². The summed E-state index contributed by atoms with van der Waals surface area (Å²) in [5.74, 6) is -0.0320. The Hall–Kier alpha value is -0.600. The van der Waals surface area contributed by atoms with Crippen molar-refractivity contribution in [2.75, 3.05) is 5.75 Å². The molecular formula is C9H15NO3S. The standard InChI is InChI=1S/C9H15NO3S/c1-7-9(11,8(2,3)6-10)4-5-14(7,12)13/h7,11H,4-5H2,1-3H3. The van der Waals surface area contributed by atoms with E-state index in [4.69, 9.17) is 5.26 Å². The first-order chi connectivity index (χ1) is 6.17. The van der Waals surface area contributed by atoms with Crippen LogP contribution >= 0.6 is 0 Å². The average molecular weight is 217 g/mol. The number of rotatable bonds is 1. The van der Waals surface area contributed by atoms with Crippen LogP contribution in [0.4, 0.5) is 0 Å². The molecule has 1 aliphatic heterocycles. The van der Waals surface area contributed by atoms with Gasteiger partial charge in [-0.3, -0.25) is 0 Å². The third kappa shape index (κ3) is 1.33. The first-order valence-electron chi connectivity index (χ1n) is 4.52. The molecule has 0 aromatic heterocycles. The summed E-state index contributed by atoms with van der Waals surface area (Å²) in [4.78, 5) is 0.